The molecule has 1 heterocycles. The molecule has 2 unspecified atom stereocenters. The van der Waals surface area contributed by atoms with Crippen LogP contribution in [0.25, 0.3) is 0 Å². The molecule has 0 bridgehead atoms. The zero-order valence-corrected chi connectivity index (χ0v) is 11.3. The van der Waals surface area contributed by atoms with Crippen molar-refractivity contribution < 1.29 is 0 Å². The Morgan fingerprint density at radius 2 is 1.86 bits per heavy atom. The number of hydrogen-bond donors (Lipinski definition) is 0. The van der Waals surface area contributed by atoms with E-state index < -0.39 is 0 Å². The Labute approximate surface area is 90.2 Å². The van der Waals surface area contributed by atoms with Gasteiger partial charge in [0.1, 0.15) is 0 Å². The quantitative estimate of drug-likeness (QED) is 0.449. The number of hydrogen-bond acceptors (Lipinski definition) is 0. The highest BCUT2D eigenvalue weighted by molar-refractivity contribution is 7.66. The number of allylic oxidation sites excluding steroid dienone is 4. The third-order valence-corrected chi connectivity index (χ3v) is 7.18. The largest absolute Gasteiger partial charge is 0.0842 e. The van der Waals surface area contributed by atoms with Crippen molar-refractivity contribution >= 4 is 7.92 Å². The van der Waals surface area contributed by atoms with Crippen molar-refractivity contribution in [2.24, 2.45) is 0 Å². The van der Waals surface area contributed by atoms with Gasteiger partial charge >= 0.3 is 0 Å². The van der Waals surface area contributed by atoms with Crippen LogP contribution in [0.1, 0.15) is 48.0 Å². The molecule has 1 heteroatoms. The van der Waals surface area contributed by atoms with Crippen LogP contribution in [0.4, 0.5) is 0 Å². The van der Waals surface area contributed by atoms with Gasteiger partial charge in [-0.05, 0) is 20.3 Å². The van der Waals surface area contributed by atoms with Gasteiger partial charge in [-0.1, -0.05) is 59.2 Å². The molecule has 0 aromatic carbocycles. The van der Waals surface area contributed by atoms with Gasteiger partial charge in [0.25, 0.3) is 0 Å². The van der Waals surface area contributed by atoms with Crippen LogP contribution in [-0.4, -0.2) is 10.3 Å². The molecule has 0 radical (unpaired) electrons. The maximum atomic E-state index is 2.45. The molecular formula is C13H23P. The average molecular weight is 210 g/mol. The molecule has 0 saturated heterocycles. The Hall–Kier alpha value is -0.0900. The SMILES string of the molecule is C/C=C(/C)P1C(C)(C)C=CC1(C)CC. The van der Waals surface area contributed by atoms with Gasteiger partial charge in [-0.3, -0.25) is 0 Å². The first kappa shape index (κ1) is 12.0. The predicted octanol–water partition coefficient (Wildman–Crippen LogP) is 4.91. The van der Waals surface area contributed by atoms with Gasteiger partial charge in [0, 0.05) is 10.3 Å². The van der Waals surface area contributed by atoms with E-state index in [1.54, 1.807) is 5.31 Å². The van der Waals surface area contributed by atoms with E-state index in [1.807, 2.05) is 0 Å². The summed E-state index contributed by atoms with van der Waals surface area (Å²) in [6.07, 6.45) is 8.43. The predicted molar refractivity (Wildman–Crippen MR) is 68.3 cm³/mol. The molecule has 0 aromatic rings. The van der Waals surface area contributed by atoms with Crippen molar-refractivity contribution in [3.05, 3.63) is 23.5 Å². The van der Waals surface area contributed by atoms with Crippen LogP contribution in [0.15, 0.2) is 23.5 Å². The highest BCUT2D eigenvalue weighted by Gasteiger charge is 2.44. The molecule has 0 saturated carbocycles. The van der Waals surface area contributed by atoms with Crippen molar-refractivity contribution in [2.45, 2.75) is 58.3 Å². The van der Waals surface area contributed by atoms with Gasteiger partial charge in [0.15, 0.2) is 0 Å². The van der Waals surface area contributed by atoms with Gasteiger partial charge < -0.3 is 0 Å². The van der Waals surface area contributed by atoms with Crippen molar-refractivity contribution in [3.63, 3.8) is 0 Å². The van der Waals surface area contributed by atoms with E-state index in [-0.39, 0.29) is 7.92 Å². The monoisotopic (exact) mass is 210 g/mol. The molecule has 2 atom stereocenters. The van der Waals surface area contributed by atoms with Gasteiger partial charge in [0.2, 0.25) is 0 Å². The van der Waals surface area contributed by atoms with Crippen LogP contribution in [0.2, 0.25) is 0 Å². The summed E-state index contributed by atoms with van der Waals surface area (Å²) in [5, 5.41) is 2.41. The molecule has 0 spiro atoms. The molecule has 1 aliphatic heterocycles. The van der Waals surface area contributed by atoms with Crippen LogP contribution in [0, 0.1) is 0 Å². The van der Waals surface area contributed by atoms with Crippen LogP contribution in [0.3, 0.4) is 0 Å². The molecule has 0 aromatic heterocycles. The zero-order chi connectivity index (χ0) is 11.0. The van der Waals surface area contributed by atoms with E-state index >= 15 is 0 Å². The standard InChI is InChI=1S/C13H23P/c1-7-11(3)14-12(4,5)9-10-13(14,6)8-2/h7,9-10H,8H2,1-6H3/b11-7-. The summed E-state index contributed by atoms with van der Waals surface area (Å²) in [5.74, 6) is 0. The molecule has 0 fully saturated rings. The lowest BCUT2D eigenvalue weighted by atomic mass is 10.1. The molecule has 14 heavy (non-hydrogen) atoms. The fraction of sp³-hybridized carbons (Fsp3) is 0.692. The topological polar surface area (TPSA) is 0 Å². The third kappa shape index (κ3) is 1.82. The first-order valence-electron chi connectivity index (χ1n) is 5.51. The molecule has 1 aliphatic rings. The molecule has 0 nitrogen and oxygen atoms in total. The summed E-state index contributed by atoms with van der Waals surface area (Å²) in [5.41, 5.74) is 0. The second-order valence-corrected chi connectivity index (χ2v) is 8.51. The average Bonchev–Trinajstić information content (AvgIpc) is 2.38. The van der Waals surface area contributed by atoms with Gasteiger partial charge in [0.05, 0.1) is 0 Å². The summed E-state index contributed by atoms with van der Waals surface area (Å²) in [6.45, 7) is 13.9. The van der Waals surface area contributed by atoms with Crippen molar-refractivity contribution in [2.75, 3.05) is 0 Å². The van der Waals surface area contributed by atoms with Gasteiger partial charge in [-0.25, -0.2) is 0 Å². The zero-order valence-electron chi connectivity index (χ0n) is 10.4. The number of rotatable bonds is 2. The molecule has 0 N–H and O–H groups in total. The van der Waals surface area contributed by atoms with Gasteiger partial charge in [-0.2, -0.15) is 0 Å². The fourth-order valence-electron chi connectivity index (χ4n) is 2.45. The highest BCUT2D eigenvalue weighted by Crippen LogP contribution is 2.70. The van der Waals surface area contributed by atoms with Gasteiger partial charge in [-0.15, -0.1) is 0 Å². The van der Waals surface area contributed by atoms with Crippen LogP contribution in [-0.2, 0) is 0 Å². The molecule has 80 valence electrons. The highest BCUT2D eigenvalue weighted by atomic mass is 31.1. The van der Waals surface area contributed by atoms with Crippen molar-refractivity contribution in [1.29, 1.82) is 0 Å². The van der Waals surface area contributed by atoms with E-state index in [0.29, 0.717) is 10.3 Å². The minimum absolute atomic E-state index is 0.0453. The third-order valence-electron chi connectivity index (χ3n) is 3.42. The maximum Gasteiger partial charge on any atom is 0.00979 e. The minimum atomic E-state index is -0.0453. The summed E-state index contributed by atoms with van der Waals surface area (Å²) in [7, 11) is -0.0453. The second-order valence-electron chi connectivity index (χ2n) is 4.96. The van der Waals surface area contributed by atoms with Crippen LogP contribution >= 0.6 is 7.92 Å². The molecule has 0 aliphatic carbocycles. The Morgan fingerprint density at radius 1 is 1.29 bits per heavy atom. The minimum Gasteiger partial charge on any atom is -0.0842 e. The van der Waals surface area contributed by atoms with Crippen molar-refractivity contribution in [1.82, 2.24) is 0 Å². The van der Waals surface area contributed by atoms with Crippen LogP contribution in [0.5, 0.6) is 0 Å². The summed E-state index contributed by atoms with van der Waals surface area (Å²) >= 11 is 0. The van der Waals surface area contributed by atoms with E-state index in [1.165, 1.54) is 6.42 Å². The fourth-order valence-corrected chi connectivity index (χ4v) is 6.51. The summed E-state index contributed by atoms with van der Waals surface area (Å²) < 4.78 is 0. The normalized spacial score (nSPS) is 36.4. The lowest BCUT2D eigenvalue weighted by Gasteiger charge is -2.39. The Balaban J connectivity index is 3.10. The molecule has 1 rings (SSSR count). The summed E-state index contributed by atoms with van der Waals surface area (Å²) in [4.78, 5) is 0. The molecule has 0 amide bonds. The molecular weight excluding hydrogens is 187 g/mol. The van der Waals surface area contributed by atoms with E-state index in [9.17, 15) is 0 Å². The van der Waals surface area contributed by atoms with E-state index in [2.05, 4.69) is 59.8 Å². The van der Waals surface area contributed by atoms with E-state index in [0.717, 1.165) is 0 Å². The summed E-state index contributed by atoms with van der Waals surface area (Å²) in [6, 6.07) is 0. The Bertz CT molecular complexity index is 273. The lowest BCUT2D eigenvalue weighted by Crippen LogP contribution is -2.22. The first-order chi connectivity index (χ1) is 6.37. The van der Waals surface area contributed by atoms with E-state index in [4.69, 9.17) is 0 Å². The first-order valence-corrected chi connectivity index (χ1v) is 6.85. The van der Waals surface area contributed by atoms with Crippen molar-refractivity contribution in [3.8, 4) is 0 Å². The Morgan fingerprint density at radius 3 is 2.29 bits per heavy atom. The van der Waals surface area contributed by atoms with Crippen LogP contribution < -0.4 is 0 Å². The smallest absolute Gasteiger partial charge is 0.00979 e. The maximum absolute atomic E-state index is 2.45. The second kappa shape index (κ2) is 3.81. The lowest BCUT2D eigenvalue weighted by molar-refractivity contribution is 0.743. The Kier molecular flexibility index (Phi) is 3.26.